The highest BCUT2D eigenvalue weighted by molar-refractivity contribution is 5.53. The third-order valence-electron chi connectivity index (χ3n) is 2.40. The molecule has 0 heterocycles. The van der Waals surface area contributed by atoms with Crippen molar-refractivity contribution in [2.75, 3.05) is 25.5 Å². The zero-order valence-corrected chi connectivity index (χ0v) is 9.62. The Labute approximate surface area is 92.3 Å². The highest BCUT2D eigenvalue weighted by atomic mass is 15.1. The molecule has 1 atom stereocenters. The van der Waals surface area contributed by atoms with Crippen LogP contribution in [0.15, 0.2) is 24.3 Å². The molecule has 0 aliphatic rings. The van der Waals surface area contributed by atoms with Crippen LogP contribution in [0.4, 0.5) is 5.69 Å². The first-order valence-electron chi connectivity index (χ1n) is 5.10. The van der Waals surface area contributed by atoms with Crippen LogP contribution in [0.25, 0.3) is 0 Å². The van der Waals surface area contributed by atoms with Crippen molar-refractivity contribution >= 4 is 5.69 Å². The Morgan fingerprint density at radius 1 is 1.40 bits per heavy atom. The second-order valence-electron chi connectivity index (χ2n) is 3.76. The maximum Gasteiger partial charge on any atom is 0.0578 e. The summed E-state index contributed by atoms with van der Waals surface area (Å²) in [5.74, 6) is 2.59. The van der Waals surface area contributed by atoms with Crippen molar-refractivity contribution in [3.05, 3.63) is 29.8 Å². The summed E-state index contributed by atoms with van der Waals surface area (Å²) in [7, 11) is 4.10. The number of hydrogen-bond acceptors (Lipinski definition) is 2. The first kappa shape index (κ1) is 11.6. The van der Waals surface area contributed by atoms with Crippen molar-refractivity contribution in [3.63, 3.8) is 0 Å². The maximum atomic E-state index is 5.23. The second kappa shape index (κ2) is 5.43. The van der Waals surface area contributed by atoms with E-state index in [0.717, 1.165) is 0 Å². The quantitative estimate of drug-likeness (QED) is 0.752. The number of benzene rings is 1. The summed E-state index contributed by atoms with van der Waals surface area (Å²) >= 11 is 0. The predicted octanol–water partition coefficient (Wildman–Crippen LogP) is 2.04. The molecule has 0 fully saturated rings. The molecule has 80 valence electrons. The molecule has 1 unspecified atom stereocenters. The van der Waals surface area contributed by atoms with Gasteiger partial charge in [0.15, 0.2) is 0 Å². The molecule has 2 nitrogen and oxygen atoms in total. The minimum absolute atomic E-state index is 0.277. The molecule has 15 heavy (non-hydrogen) atoms. The van der Waals surface area contributed by atoms with Crippen molar-refractivity contribution in [3.8, 4) is 12.3 Å². The number of para-hydroxylation sites is 1. The van der Waals surface area contributed by atoms with Gasteiger partial charge in [-0.2, -0.15) is 0 Å². The number of nitrogens with one attached hydrogen (secondary N) is 1. The Morgan fingerprint density at radius 3 is 2.67 bits per heavy atom. The molecule has 1 aromatic rings. The van der Waals surface area contributed by atoms with E-state index in [9.17, 15) is 0 Å². The molecule has 0 spiro atoms. The van der Waals surface area contributed by atoms with E-state index < -0.39 is 0 Å². The van der Waals surface area contributed by atoms with Crippen LogP contribution in [0, 0.1) is 12.3 Å². The fourth-order valence-corrected chi connectivity index (χ4v) is 1.58. The molecule has 0 saturated heterocycles. The first-order valence-corrected chi connectivity index (χ1v) is 5.10. The van der Waals surface area contributed by atoms with Gasteiger partial charge in [0.1, 0.15) is 0 Å². The van der Waals surface area contributed by atoms with Gasteiger partial charge in [0.2, 0.25) is 0 Å². The van der Waals surface area contributed by atoms with Crippen molar-refractivity contribution < 1.29 is 0 Å². The van der Waals surface area contributed by atoms with Gasteiger partial charge in [-0.1, -0.05) is 24.1 Å². The molecule has 0 saturated carbocycles. The number of rotatable bonds is 4. The second-order valence-corrected chi connectivity index (χ2v) is 3.76. The number of hydrogen-bond donors (Lipinski definition) is 1. The summed E-state index contributed by atoms with van der Waals surface area (Å²) in [5.41, 5.74) is 2.51. The van der Waals surface area contributed by atoms with Crippen LogP contribution in [0.3, 0.4) is 0 Å². The smallest absolute Gasteiger partial charge is 0.0578 e. The van der Waals surface area contributed by atoms with E-state index in [1.165, 1.54) is 11.3 Å². The molecular weight excluding hydrogens is 184 g/mol. The van der Waals surface area contributed by atoms with Gasteiger partial charge in [-0.05, 0) is 18.6 Å². The minimum atomic E-state index is 0.277. The Kier molecular flexibility index (Phi) is 4.20. The SMILES string of the molecule is C#CCNC(C)c1ccccc1N(C)C. The number of nitrogens with zero attached hydrogens (tertiary/aromatic N) is 1. The van der Waals surface area contributed by atoms with Crippen LogP contribution in [-0.2, 0) is 0 Å². The van der Waals surface area contributed by atoms with E-state index in [1.54, 1.807) is 0 Å². The summed E-state index contributed by atoms with van der Waals surface area (Å²) in [6.07, 6.45) is 5.23. The molecule has 1 aromatic carbocycles. The molecule has 0 aliphatic heterocycles. The lowest BCUT2D eigenvalue weighted by Crippen LogP contribution is -2.21. The van der Waals surface area contributed by atoms with Crippen LogP contribution in [0.5, 0.6) is 0 Å². The van der Waals surface area contributed by atoms with Crippen LogP contribution in [0.2, 0.25) is 0 Å². The van der Waals surface area contributed by atoms with Crippen molar-refractivity contribution in [2.45, 2.75) is 13.0 Å². The lowest BCUT2D eigenvalue weighted by molar-refractivity contribution is 0.623. The standard InChI is InChI=1S/C13H18N2/c1-5-10-14-11(2)12-8-6-7-9-13(12)15(3)4/h1,6-9,11,14H,10H2,2-4H3. The van der Waals surface area contributed by atoms with Gasteiger partial charge in [-0.25, -0.2) is 0 Å². The van der Waals surface area contributed by atoms with E-state index in [4.69, 9.17) is 6.42 Å². The van der Waals surface area contributed by atoms with Crippen LogP contribution in [-0.4, -0.2) is 20.6 Å². The monoisotopic (exact) mass is 202 g/mol. The fraction of sp³-hybridized carbons (Fsp3) is 0.385. The van der Waals surface area contributed by atoms with E-state index >= 15 is 0 Å². The van der Waals surface area contributed by atoms with Gasteiger partial charge >= 0.3 is 0 Å². The molecule has 0 aliphatic carbocycles. The molecular formula is C13H18N2. The van der Waals surface area contributed by atoms with Gasteiger partial charge in [-0.15, -0.1) is 6.42 Å². The molecule has 2 heteroatoms. The molecule has 1 N–H and O–H groups in total. The summed E-state index contributed by atoms with van der Waals surface area (Å²) in [6.45, 7) is 2.72. The van der Waals surface area contributed by atoms with Crippen molar-refractivity contribution in [2.24, 2.45) is 0 Å². The lowest BCUT2D eigenvalue weighted by Gasteiger charge is -2.21. The van der Waals surface area contributed by atoms with Crippen LogP contribution >= 0.6 is 0 Å². The highest BCUT2D eigenvalue weighted by Gasteiger charge is 2.09. The number of terminal acetylenes is 1. The van der Waals surface area contributed by atoms with Gasteiger partial charge in [0, 0.05) is 25.8 Å². The third kappa shape index (κ3) is 3.00. The lowest BCUT2D eigenvalue weighted by atomic mass is 10.1. The Balaban J connectivity index is 2.88. The van der Waals surface area contributed by atoms with Crippen LogP contribution < -0.4 is 10.2 Å². The third-order valence-corrected chi connectivity index (χ3v) is 2.40. The summed E-state index contributed by atoms with van der Waals surface area (Å²) < 4.78 is 0. The van der Waals surface area contributed by atoms with Gasteiger partial charge in [0.05, 0.1) is 6.54 Å². The molecule has 0 bridgehead atoms. The highest BCUT2D eigenvalue weighted by Crippen LogP contribution is 2.24. The average Bonchev–Trinajstić information content (AvgIpc) is 2.25. The van der Waals surface area contributed by atoms with E-state index in [-0.39, 0.29) is 6.04 Å². The number of anilines is 1. The van der Waals surface area contributed by atoms with Crippen molar-refractivity contribution in [1.29, 1.82) is 0 Å². The average molecular weight is 202 g/mol. The van der Waals surface area contributed by atoms with Crippen LogP contribution in [0.1, 0.15) is 18.5 Å². The Hall–Kier alpha value is -1.46. The zero-order chi connectivity index (χ0) is 11.3. The topological polar surface area (TPSA) is 15.3 Å². The maximum absolute atomic E-state index is 5.23. The zero-order valence-electron chi connectivity index (χ0n) is 9.62. The normalized spacial score (nSPS) is 11.9. The van der Waals surface area contributed by atoms with E-state index in [1.807, 2.05) is 20.2 Å². The molecule has 0 aromatic heterocycles. The minimum Gasteiger partial charge on any atom is -0.377 e. The Morgan fingerprint density at radius 2 is 2.07 bits per heavy atom. The largest absolute Gasteiger partial charge is 0.377 e. The van der Waals surface area contributed by atoms with Crippen molar-refractivity contribution in [1.82, 2.24) is 5.32 Å². The fourth-order valence-electron chi connectivity index (χ4n) is 1.58. The van der Waals surface area contributed by atoms with Gasteiger partial charge in [0.25, 0.3) is 0 Å². The summed E-state index contributed by atoms with van der Waals surface area (Å²) in [4.78, 5) is 2.11. The molecule has 0 radical (unpaired) electrons. The molecule has 0 amide bonds. The van der Waals surface area contributed by atoms with E-state index in [0.29, 0.717) is 6.54 Å². The summed E-state index contributed by atoms with van der Waals surface area (Å²) in [6, 6.07) is 8.62. The van der Waals surface area contributed by atoms with E-state index in [2.05, 4.69) is 41.3 Å². The molecule has 1 rings (SSSR count). The summed E-state index contributed by atoms with van der Waals surface area (Å²) in [5, 5.41) is 3.28. The first-order chi connectivity index (χ1) is 7.16. The Bertz CT molecular complexity index is 350. The predicted molar refractivity (Wildman–Crippen MR) is 66.0 cm³/mol. The van der Waals surface area contributed by atoms with Gasteiger partial charge < -0.3 is 4.90 Å². The van der Waals surface area contributed by atoms with Gasteiger partial charge in [-0.3, -0.25) is 5.32 Å².